The van der Waals surface area contributed by atoms with Gasteiger partial charge in [-0.1, -0.05) is 12.1 Å². The summed E-state index contributed by atoms with van der Waals surface area (Å²) in [5, 5.41) is 2.84. The minimum Gasteiger partial charge on any atom is -0.324 e. The van der Waals surface area contributed by atoms with Gasteiger partial charge in [0.1, 0.15) is 17.7 Å². The van der Waals surface area contributed by atoms with E-state index in [2.05, 4.69) is 5.32 Å². The normalized spacial score (nSPS) is 16.4. The Labute approximate surface area is 164 Å². The Bertz CT molecular complexity index is 863. The molecule has 1 aliphatic heterocycles. The van der Waals surface area contributed by atoms with Crippen molar-refractivity contribution in [3.8, 4) is 0 Å². The molecule has 0 aromatic heterocycles. The lowest BCUT2D eigenvalue weighted by Gasteiger charge is -2.23. The van der Waals surface area contributed by atoms with Gasteiger partial charge < -0.3 is 10.2 Å². The molecule has 1 saturated heterocycles. The van der Waals surface area contributed by atoms with Crippen LogP contribution < -0.4 is 5.32 Å². The number of benzene rings is 2. The van der Waals surface area contributed by atoms with E-state index >= 15 is 0 Å². The predicted molar refractivity (Wildman–Crippen MR) is 105 cm³/mol. The second kappa shape index (κ2) is 8.75. The van der Waals surface area contributed by atoms with Crippen molar-refractivity contribution in [2.24, 2.45) is 0 Å². The lowest BCUT2D eigenvalue weighted by molar-refractivity contribution is -0.134. The van der Waals surface area contributed by atoms with Crippen LogP contribution in [0.1, 0.15) is 5.56 Å². The summed E-state index contributed by atoms with van der Waals surface area (Å²) >= 11 is 2.50. The summed E-state index contributed by atoms with van der Waals surface area (Å²) in [5.74, 6) is -0.938. The first kappa shape index (κ1) is 19.7. The third kappa shape index (κ3) is 5.01. The number of nitrogens with one attached hydrogen (secondary N) is 1. The zero-order valence-electron chi connectivity index (χ0n) is 14.6. The van der Waals surface area contributed by atoms with Gasteiger partial charge in [0, 0.05) is 22.4 Å². The van der Waals surface area contributed by atoms with E-state index in [1.165, 1.54) is 22.7 Å². The molecular weight excluding hydrogens is 390 g/mol. The maximum absolute atomic E-state index is 13.7. The monoisotopic (exact) mass is 408 g/mol. The first-order valence-electron chi connectivity index (χ1n) is 8.26. The summed E-state index contributed by atoms with van der Waals surface area (Å²) in [6, 6.07) is 10.1. The fourth-order valence-corrected chi connectivity index (χ4v) is 4.66. The van der Waals surface area contributed by atoms with E-state index in [-0.39, 0.29) is 22.5 Å². The quantitative estimate of drug-likeness (QED) is 0.763. The summed E-state index contributed by atoms with van der Waals surface area (Å²) < 4.78 is 26.7. The topological polar surface area (TPSA) is 49.4 Å². The Morgan fingerprint density at radius 2 is 2.07 bits per heavy atom. The molecule has 1 unspecified atom stereocenters. The SMILES string of the molecule is Cc1cccc(NC(=O)C2CSCN2C(=O)CSc2ccc(F)cc2F)c1. The fourth-order valence-electron chi connectivity index (χ4n) is 2.67. The molecule has 142 valence electrons. The van der Waals surface area contributed by atoms with Crippen LogP contribution in [-0.4, -0.2) is 40.1 Å². The van der Waals surface area contributed by atoms with Gasteiger partial charge in [-0.3, -0.25) is 9.59 Å². The van der Waals surface area contributed by atoms with Crippen LogP contribution in [0.3, 0.4) is 0 Å². The molecule has 1 fully saturated rings. The first-order chi connectivity index (χ1) is 12.9. The summed E-state index contributed by atoms with van der Waals surface area (Å²) in [6.45, 7) is 1.93. The first-order valence-corrected chi connectivity index (χ1v) is 10.4. The third-order valence-electron chi connectivity index (χ3n) is 4.04. The van der Waals surface area contributed by atoms with E-state index in [0.717, 1.165) is 29.5 Å². The van der Waals surface area contributed by atoms with E-state index in [9.17, 15) is 18.4 Å². The second-order valence-electron chi connectivity index (χ2n) is 6.10. The zero-order valence-corrected chi connectivity index (χ0v) is 16.2. The van der Waals surface area contributed by atoms with Crippen molar-refractivity contribution in [3.05, 3.63) is 59.7 Å². The Kier molecular flexibility index (Phi) is 6.38. The third-order valence-corrected chi connectivity index (χ3v) is 6.08. The molecule has 8 heteroatoms. The van der Waals surface area contributed by atoms with Crippen LogP contribution in [-0.2, 0) is 9.59 Å². The number of rotatable bonds is 5. The molecule has 0 radical (unpaired) electrons. The average Bonchev–Trinajstić information content (AvgIpc) is 3.11. The molecule has 1 aliphatic rings. The van der Waals surface area contributed by atoms with E-state index in [1.807, 2.05) is 25.1 Å². The van der Waals surface area contributed by atoms with Gasteiger partial charge in [-0.2, -0.15) is 0 Å². The van der Waals surface area contributed by atoms with Crippen LogP contribution >= 0.6 is 23.5 Å². The van der Waals surface area contributed by atoms with Crippen molar-refractivity contribution in [2.45, 2.75) is 17.9 Å². The Morgan fingerprint density at radius 3 is 2.81 bits per heavy atom. The minimum atomic E-state index is -0.697. The standard InChI is InChI=1S/C19H18F2N2O2S2/c1-12-3-2-4-14(7-12)22-19(25)16-9-26-11-23(16)18(24)10-27-17-6-5-13(20)8-15(17)21/h2-8,16H,9-11H2,1H3,(H,22,25). The van der Waals surface area contributed by atoms with E-state index in [1.54, 1.807) is 6.07 Å². The van der Waals surface area contributed by atoms with Gasteiger partial charge in [-0.25, -0.2) is 8.78 Å². The van der Waals surface area contributed by atoms with E-state index in [0.29, 0.717) is 17.3 Å². The summed E-state index contributed by atoms with van der Waals surface area (Å²) in [5.41, 5.74) is 1.71. The molecule has 4 nitrogen and oxygen atoms in total. The highest BCUT2D eigenvalue weighted by Crippen LogP contribution is 2.26. The van der Waals surface area contributed by atoms with Gasteiger partial charge >= 0.3 is 0 Å². The molecule has 1 atom stereocenters. The molecule has 1 N–H and O–H groups in total. The number of carbonyl (C=O) groups is 2. The number of aryl methyl sites for hydroxylation is 1. The van der Waals surface area contributed by atoms with Crippen molar-refractivity contribution in [1.82, 2.24) is 4.90 Å². The molecule has 1 heterocycles. The zero-order chi connectivity index (χ0) is 19.4. The molecule has 0 spiro atoms. The molecule has 0 aliphatic carbocycles. The lowest BCUT2D eigenvalue weighted by atomic mass is 10.2. The van der Waals surface area contributed by atoms with Gasteiger partial charge in [-0.05, 0) is 36.8 Å². The number of thioether (sulfide) groups is 2. The molecule has 3 rings (SSSR count). The van der Waals surface area contributed by atoms with E-state index < -0.39 is 17.7 Å². The van der Waals surface area contributed by atoms with Crippen molar-refractivity contribution in [1.29, 1.82) is 0 Å². The molecule has 2 aromatic carbocycles. The minimum absolute atomic E-state index is 0.0165. The molecule has 27 heavy (non-hydrogen) atoms. The molecule has 0 bridgehead atoms. The van der Waals surface area contributed by atoms with E-state index in [4.69, 9.17) is 0 Å². The summed E-state index contributed by atoms with van der Waals surface area (Å²) in [7, 11) is 0. The number of hydrogen-bond acceptors (Lipinski definition) is 4. The lowest BCUT2D eigenvalue weighted by Crippen LogP contribution is -2.45. The number of hydrogen-bond donors (Lipinski definition) is 1. The second-order valence-corrected chi connectivity index (χ2v) is 8.12. The smallest absolute Gasteiger partial charge is 0.248 e. The maximum atomic E-state index is 13.7. The summed E-state index contributed by atoms with van der Waals surface area (Å²) in [6.07, 6.45) is 0. The Morgan fingerprint density at radius 1 is 1.26 bits per heavy atom. The van der Waals surface area contributed by atoms with Crippen LogP contribution in [0, 0.1) is 18.6 Å². The molecule has 0 saturated carbocycles. The van der Waals surface area contributed by atoms with Gasteiger partial charge in [-0.15, -0.1) is 23.5 Å². The van der Waals surface area contributed by atoms with Crippen molar-refractivity contribution in [3.63, 3.8) is 0 Å². The van der Waals surface area contributed by atoms with Crippen molar-refractivity contribution < 1.29 is 18.4 Å². The number of halogens is 2. The Hall–Kier alpha value is -2.06. The van der Waals surface area contributed by atoms with Crippen LogP contribution in [0.2, 0.25) is 0 Å². The average molecular weight is 408 g/mol. The van der Waals surface area contributed by atoms with Gasteiger partial charge in [0.05, 0.1) is 11.6 Å². The van der Waals surface area contributed by atoms with Crippen LogP contribution in [0.25, 0.3) is 0 Å². The highest BCUT2D eigenvalue weighted by molar-refractivity contribution is 8.00. The maximum Gasteiger partial charge on any atom is 0.248 e. The molecular formula is C19H18F2N2O2S2. The van der Waals surface area contributed by atoms with Crippen LogP contribution in [0.15, 0.2) is 47.4 Å². The van der Waals surface area contributed by atoms with Gasteiger partial charge in [0.25, 0.3) is 0 Å². The highest BCUT2D eigenvalue weighted by atomic mass is 32.2. The van der Waals surface area contributed by atoms with Crippen LogP contribution in [0.4, 0.5) is 14.5 Å². The number of anilines is 1. The van der Waals surface area contributed by atoms with Gasteiger partial charge in [0.2, 0.25) is 11.8 Å². The number of nitrogens with zero attached hydrogens (tertiary/aromatic N) is 1. The largest absolute Gasteiger partial charge is 0.324 e. The highest BCUT2D eigenvalue weighted by Gasteiger charge is 2.34. The molecule has 2 aromatic rings. The number of carbonyl (C=O) groups excluding carboxylic acids is 2. The van der Waals surface area contributed by atoms with Crippen molar-refractivity contribution >= 4 is 41.0 Å². The van der Waals surface area contributed by atoms with Crippen molar-refractivity contribution in [2.75, 3.05) is 22.7 Å². The van der Waals surface area contributed by atoms with Crippen LogP contribution in [0.5, 0.6) is 0 Å². The van der Waals surface area contributed by atoms with Gasteiger partial charge in [0.15, 0.2) is 0 Å². The number of amides is 2. The fraction of sp³-hybridized carbons (Fsp3) is 0.263. The summed E-state index contributed by atoms with van der Waals surface area (Å²) in [4.78, 5) is 26.8. The Balaban J connectivity index is 1.61. The predicted octanol–water partition coefficient (Wildman–Crippen LogP) is 3.91. The molecule has 2 amide bonds.